The summed E-state index contributed by atoms with van der Waals surface area (Å²) in [5, 5.41) is 5.11. The van der Waals surface area contributed by atoms with Gasteiger partial charge in [0.05, 0.1) is 64.0 Å². The molecule has 4 N–H and O–H groups in total. The molecule has 2 bridgehead atoms. The summed E-state index contributed by atoms with van der Waals surface area (Å²) in [5.41, 5.74) is 5.93. The smallest absolute Gasteiger partial charge is 0.407 e. The highest BCUT2D eigenvalue weighted by Gasteiger charge is 2.41. The van der Waals surface area contributed by atoms with Crippen molar-refractivity contribution in [2.24, 2.45) is 0 Å². The van der Waals surface area contributed by atoms with E-state index in [1.54, 1.807) is 13.2 Å². The van der Waals surface area contributed by atoms with Crippen molar-refractivity contribution in [2.75, 3.05) is 54.5 Å². The Morgan fingerprint density at radius 1 is 0.847 bits per heavy atom. The molecule has 4 aliphatic heterocycles. The lowest BCUT2D eigenvalue weighted by atomic mass is 9.85. The number of H-pyrrole nitrogens is 2. The number of nitrogens with zero attached hydrogens (tertiary/aromatic N) is 4. The molecule has 3 fully saturated rings. The minimum atomic E-state index is -0.586. The van der Waals surface area contributed by atoms with E-state index in [0.29, 0.717) is 25.3 Å². The third kappa shape index (κ3) is 13.8. The molecule has 3 aromatic rings. The molecule has 3 unspecified atom stereocenters. The second kappa shape index (κ2) is 25.8. The van der Waals surface area contributed by atoms with Crippen LogP contribution in [0, 0.1) is 23.7 Å². The van der Waals surface area contributed by atoms with E-state index in [-0.39, 0.29) is 30.7 Å². The molecule has 7 rings (SSSR count). The zero-order valence-corrected chi connectivity index (χ0v) is 35.9. The zero-order chi connectivity index (χ0) is 43.2. The Kier molecular flexibility index (Phi) is 20.9. The van der Waals surface area contributed by atoms with Crippen molar-refractivity contribution in [3.8, 4) is 23.7 Å². The third-order valence-electron chi connectivity index (χ3n) is 9.47. The second-order valence-corrected chi connectivity index (χ2v) is 14.2. The van der Waals surface area contributed by atoms with Crippen molar-refractivity contribution in [3.05, 3.63) is 69.8 Å². The number of fused-ring (bicyclic) bond motifs is 5. The summed E-state index contributed by atoms with van der Waals surface area (Å²) >= 11 is 0. The molecule has 0 radical (unpaired) electrons. The van der Waals surface area contributed by atoms with Crippen LogP contribution in [0.15, 0.2) is 24.5 Å². The summed E-state index contributed by atoms with van der Waals surface area (Å²) in [4.78, 5) is 61.3. The van der Waals surface area contributed by atoms with E-state index < -0.39 is 6.09 Å². The molecule has 15 nitrogen and oxygen atoms in total. The molecule has 6 heterocycles. The highest BCUT2D eigenvalue weighted by molar-refractivity contribution is 5.79. The van der Waals surface area contributed by atoms with Crippen LogP contribution in [0.1, 0.15) is 149 Å². The molecule has 59 heavy (non-hydrogen) atoms. The van der Waals surface area contributed by atoms with Gasteiger partial charge in [-0.3, -0.25) is 14.5 Å². The highest BCUT2D eigenvalue weighted by atomic mass is 16.5. The van der Waals surface area contributed by atoms with E-state index in [2.05, 4.69) is 116 Å². The van der Waals surface area contributed by atoms with Crippen LogP contribution in [-0.2, 0) is 28.6 Å². The van der Waals surface area contributed by atoms with Crippen LogP contribution in [-0.4, -0.2) is 109 Å². The molecule has 2 aromatic heterocycles. The van der Waals surface area contributed by atoms with Crippen LogP contribution in [0.3, 0.4) is 0 Å². The Morgan fingerprint density at radius 2 is 1.36 bits per heavy atom. The molecule has 320 valence electrons. The number of hydrogen-bond acceptors (Lipinski definition) is 11. The minimum Gasteiger partial charge on any atom is -0.471 e. The van der Waals surface area contributed by atoms with Gasteiger partial charge in [0.25, 0.3) is 6.47 Å². The normalized spacial score (nSPS) is 19.2. The number of aromatic nitrogens is 4. The van der Waals surface area contributed by atoms with Gasteiger partial charge in [0.1, 0.15) is 29.3 Å². The maximum absolute atomic E-state index is 12.5. The standard InChI is InChI=1S/C32H35N7O2.C4H7NO3.2C3H8.C2H4O2/c1-33-19-28(40)39-16-4-6-25(39)32-35-18-23(37-32)12-10-21-8-7-20(29-26-13-14-27(41-26)30(21)29)9-11-22-17-34-31(36-22)24-5-3-15-38(24)2;1-8-4(7)5-2-3-6;2*1-3-2;1-4-2-3/h7-8,17-18,24-27,33H,3-6,13-16,19H2,1-2H3,(H,34,36)(H,35,37);3H,2H2,1H3,(H,5,7);2*3H2,1-2H3;2H,1H3/t24?,25-,26?,27?;;;;/m1..../s1. The van der Waals surface area contributed by atoms with Gasteiger partial charge in [-0.05, 0) is 83.1 Å². The van der Waals surface area contributed by atoms with Crippen LogP contribution in [0.25, 0.3) is 0 Å². The summed E-state index contributed by atoms with van der Waals surface area (Å²) in [6.07, 6.45) is 12.5. The number of nitrogens with one attached hydrogen (secondary N) is 4. The average molecular weight is 815 g/mol. The number of rotatable bonds is 7. The van der Waals surface area contributed by atoms with Gasteiger partial charge in [0.2, 0.25) is 5.91 Å². The number of methoxy groups -OCH3 is 2. The van der Waals surface area contributed by atoms with Crippen molar-refractivity contribution in [1.82, 2.24) is 40.4 Å². The highest BCUT2D eigenvalue weighted by Crippen LogP contribution is 2.52. The van der Waals surface area contributed by atoms with Gasteiger partial charge in [-0.15, -0.1) is 0 Å². The second-order valence-electron chi connectivity index (χ2n) is 14.2. The molecule has 1 aromatic carbocycles. The largest absolute Gasteiger partial charge is 0.471 e. The average Bonchev–Trinajstić information content (AvgIpc) is 4.10. The number of aldehydes is 1. The molecule has 0 aliphatic carbocycles. The zero-order valence-electron chi connectivity index (χ0n) is 35.9. The van der Waals surface area contributed by atoms with Gasteiger partial charge < -0.3 is 44.5 Å². The van der Waals surface area contributed by atoms with E-state index in [9.17, 15) is 14.4 Å². The van der Waals surface area contributed by atoms with E-state index in [1.807, 2.05) is 11.1 Å². The van der Waals surface area contributed by atoms with E-state index >= 15 is 0 Å². The first-order valence-corrected chi connectivity index (χ1v) is 20.5. The molecule has 0 spiro atoms. The first-order valence-electron chi connectivity index (χ1n) is 20.5. The Labute approximate surface area is 349 Å². The summed E-state index contributed by atoms with van der Waals surface area (Å²) < 4.78 is 14.3. The van der Waals surface area contributed by atoms with Crippen molar-refractivity contribution in [1.29, 1.82) is 0 Å². The maximum Gasteiger partial charge on any atom is 0.407 e. The minimum absolute atomic E-state index is 0.00662. The summed E-state index contributed by atoms with van der Waals surface area (Å²) in [7, 11) is 6.49. The SMILES string of the molecule is CCC.CCC.CNCC(=O)N1CCC[C@@H]1c1ncc(C#Cc2ccc(C#Cc3cnc(C4CCCN4C)[nH]3)c3c2C2CCC3O2)[nH]1.COC(=O)NCC=O.COC=O. The molecule has 2 amide bonds. The lowest BCUT2D eigenvalue weighted by molar-refractivity contribution is -0.131. The van der Waals surface area contributed by atoms with Crippen LogP contribution >= 0.6 is 0 Å². The predicted octanol–water partition coefficient (Wildman–Crippen LogP) is 5.65. The topological polar surface area (TPSA) is 184 Å². The fourth-order valence-electron chi connectivity index (χ4n) is 7.07. The number of hydrogen-bond donors (Lipinski definition) is 4. The van der Waals surface area contributed by atoms with E-state index in [0.717, 1.165) is 79.4 Å². The van der Waals surface area contributed by atoms with Gasteiger partial charge in [-0.2, -0.15) is 0 Å². The summed E-state index contributed by atoms with van der Waals surface area (Å²) in [6.45, 7) is 11.1. The Balaban J connectivity index is 0.000000438. The lowest BCUT2D eigenvalue weighted by Crippen LogP contribution is -2.37. The Hall–Kier alpha value is -5.48. The van der Waals surface area contributed by atoms with E-state index in [4.69, 9.17) is 9.53 Å². The number of benzene rings is 1. The van der Waals surface area contributed by atoms with Gasteiger partial charge in [0, 0.05) is 28.8 Å². The van der Waals surface area contributed by atoms with Crippen LogP contribution in [0.2, 0.25) is 0 Å². The number of carbonyl (C=O) groups is 4. The molecule has 15 heteroatoms. The van der Waals surface area contributed by atoms with Crippen LogP contribution < -0.4 is 10.6 Å². The van der Waals surface area contributed by atoms with Crippen molar-refractivity contribution >= 4 is 24.8 Å². The number of amides is 2. The molecule has 4 atom stereocenters. The number of ether oxygens (including phenoxy) is 3. The van der Waals surface area contributed by atoms with Gasteiger partial charge in [0.15, 0.2) is 0 Å². The Bertz CT molecular complexity index is 1920. The van der Waals surface area contributed by atoms with E-state index in [1.165, 1.54) is 44.6 Å². The number of alkyl carbamates (subject to hydrolysis) is 1. The first-order chi connectivity index (χ1) is 28.6. The van der Waals surface area contributed by atoms with Crippen molar-refractivity contribution in [2.45, 2.75) is 103 Å². The first kappa shape index (κ1) is 47.9. The molecule has 0 saturated carbocycles. The number of carbonyl (C=O) groups excluding carboxylic acids is 4. The summed E-state index contributed by atoms with van der Waals surface area (Å²) in [6, 6.07) is 4.46. The number of likely N-dealkylation sites (tertiary alicyclic amines) is 2. The maximum atomic E-state index is 12.5. The van der Waals surface area contributed by atoms with Crippen LogP contribution in [0.4, 0.5) is 4.79 Å². The molecular formula is C44H62N8O7. The van der Waals surface area contributed by atoms with Crippen LogP contribution in [0.5, 0.6) is 0 Å². The number of aromatic amines is 2. The fraction of sp³-hybridized carbons (Fsp3) is 0.545. The fourth-order valence-corrected chi connectivity index (χ4v) is 7.07. The predicted molar refractivity (Wildman–Crippen MR) is 225 cm³/mol. The Morgan fingerprint density at radius 3 is 1.81 bits per heavy atom. The molecular weight excluding hydrogens is 753 g/mol. The van der Waals surface area contributed by atoms with Crippen molar-refractivity contribution in [3.63, 3.8) is 0 Å². The summed E-state index contributed by atoms with van der Waals surface area (Å²) in [5.74, 6) is 15.3. The lowest BCUT2D eigenvalue weighted by Gasteiger charge is -2.23. The third-order valence-corrected chi connectivity index (χ3v) is 9.47. The van der Waals surface area contributed by atoms with Gasteiger partial charge >= 0.3 is 6.09 Å². The number of likely N-dealkylation sites (N-methyl/N-ethyl adjacent to an activating group) is 1. The number of imidazole rings is 2. The molecule has 3 saturated heterocycles. The van der Waals surface area contributed by atoms with Gasteiger partial charge in [-0.1, -0.05) is 52.4 Å². The molecule has 4 aliphatic rings. The van der Waals surface area contributed by atoms with Gasteiger partial charge in [-0.25, -0.2) is 14.8 Å². The monoisotopic (exact) mass is 814 g/mol. The quantitative estimate of drug-likeness (QED) is 0.171. The van der Waals surface area contributed by atoms with Crippen molar-refractivity contribution < 1.29 is 33.4 Å².